The molecule has 1 amide bonds. The number of halogens is 2. The highest BCUT2D eigenvalue weighted by molar-refractivity contribution is 9.10. The van der Waals surface area contributed by atoms with E-state index in [0.29, 0.717) is 21.4 Å². The van der Waals surface area contributed by atoms with Crippen LogP contribution in [0.2, 0.25) is 0 Å². The molecule has 2 rings (SSSR count). The van der Waals surface area contributed by atoms with Gasteiger partial charge in [0.1, 0.15) is 5.82 Å². The molecule has 0 aliphatic heterocycles. The Hall–Kier alpha value is -1.88. The van der Waals surface area contributed by atoms with Gasteiger partial charge in [-0.2, -0.15) is 0 Å². The Kier molecular flexibility index (Phi) is 3.85. The van der Waals surface area contributed by atoms with Crippen LogP contribution in [-0.4, -0.2) is 5.91 Å². The predicted molar refractivity (Wildman–Crippen MR) is 77.6 cm³/mol. The first-order valence-electron chi connectivity index (χ1n) is 5.60. The van der Waals surface area contributed by atoms with Crippen molar-refractivity contribution in [3.05, 3.63) is 57.8 Å². The number of carbonyl (C=O) groups excluding carboxylic acids is 1. The van der Waals surface area contributed by atoms with Crippen LogP contribution in [0.4, 0.5) is 15.8 Å². The largest absolute Gasteiger partial charge is 0.399 e. The number of nitrogen functional groups attached to an aromatic ring is 1. The van der Waals surface area contributed by atoms with E-state index in [-0.39, 0.29) is 5.91 Å². The van der Waals surface area contributed by atoms with Crippen molar-refractivity contribution in [1.82, 2.24) is 0 Å². The Morgan fingerprint density at radius 3 is 2.63 bits per heavy atom. The molecule has 0 radical (unpaired) electrons. The van der Waals surface area contributed by atoms with E-state index in [1.54, 1.807) is 18.2 Å². The maximum absolute atomic E-state index is 13.0. The maximum atomic E-state index is 13.0. The van der Waals surface area contributed by atoms with Gasteiger partial charge in [0.2, 0.25) is 0 Å². The summed E-state index contributed by atoms with van der Waals surface area (Å²) in [5.41, 5.74) is 8.28. The molecule has 0 unspecified atom stereocenters. The van der Waals surface area contributed by atoms with Gasteiger partial charge in [0.25, 0.3) is 5.91 Å². The second-order valence-corrected chi connectivity index (χ2v) is 5.00. The minimum Gasteiger partial charge on any atom is -0.399 e. The summed E-state index contributed by atoms with van der Waals surface area (Å²) < 4.78 is 13.4. The van der Waals surface area contributed by atoms with Gasteiger partial charge in [-0.3, -0.25) is 4.79 Å². The van der Waals surface area contributed by atoms with E-state index < -0.39 is 5.82 Å². The zero-order chi connectivity index (χ0) is 14.0. The molecule has 0 saturated carbocycles. The Morgan fingerprint density at radius 2 is 2.00 bits per heavy atom. The summed E-state index contributed by atoms with van der Waals surface area (Å²) in [6, 6.07) is 9.16. The number of nitrogens with one attached hydrogen (secondary N) is 1. The molecule has 0 atom stereocenters. The Balaban J connectivity index is 2.23. The fraction of sp³-hybridized carbons (Fsp3) is 0.0714. The molecule has 0 spiro atoms. The van der Waals surface area contributed by atoms with Crippen LogP contribution >= 0.6 is 15.9 Å². The lowest BCUT2D eigenvalue weighted by molar-refractivity contribution is 0.102. The van der Waals surface area contributed by atoms with Crippen molar-refractivity contribution in [2.75, 3.05) is 11.1 Å². The fourth-order valence-electron chi connectivity index (χ4n) is 1.63. The molecule has 98 valence electrons. The monoisotopic (exact) mass is 322 g/mol. The first-order valence-corrected chi connectivity index (χ1v) is 6.39. The van der Waals surface area contributed by atoms with E-state index in [4.69, 9.17) is 5.73 Å². The van der Waals surface area contributed by atoms with Gasteiger partial charge < -0.3 is 11.1 Å². The van der Waals surface area contributed by atoms with Gasteiger partial charge in [-0.25, -0.2) is 4.39 Å². The normalized spacial score (nSPS) is 10.3. The zero-order valence-electron chi connectivity index (χ0n) is 10.2. The smallest absolute Gasteiger partial charge is 0.256 e. The van der Waals surface area contributed by atoms with Crippen molar-refractivity contribution in [2.45, 2.75) is 6.92 Å². The standard InChI is InChI=1S/C14H12BrFN2O/c1-8-6-10(3-5-13(8)17)18-14(19)11-4-2-9(16)7-12(11)15/h2-7H,17H2,1H3,(H,18,19). The second kappa shape index (κ2) is 5.40. The second-order valence-electron chi connectivity index (χ2n) is 4.15. The highest BCUT2D eigenvalue weighted by atomic mass is 79.9. The van der Waals surface area contributed by atoms with Crippen LogP contribution in [0.15, 0.2) is 40.9 Å². The lowest BCUT2D eigenvalue weighted by Gasteiger charge is -2.08. The van der Waals surface area contributed by atoms with Crippen molar-refractivity contribution in [2.24, 2.45) is 0 Å². The van der Waals surface area contributed by atoms with Crippen LogP contribution in [0.25, 0.3) is 0 Å². The van der Waals surface area contributed by atoms with Crippen molar-refractivity contribution >= 4 is 33.2 Å². The van der Waals surface area contributed by atoms with Crippen LogP contribution in [0, 0.1) is 12.7 Å². The third-order valence-corrected chi connectivity index (χ3v) is 3.36. The molecule has 0 heterocycles. The number of rotatable bonds is 2. The summed E-state index contributed by atoms with van der Waals surface area (Å²) in [5, 5.41) is 2.74. The van der Waals surface area contributed by atoms with Gasteiger partial charge in [-0.15, -0.1) is 0 Å². The number of hydrogen-bond acceptors (Lipinski definition) is 2. The molecule has 5 heteroatoms. The van der Waals surface area contributed by atoms with Crippen LogP contribution in [-0.2, 0) is 0 Å². The highest BCUT2D eigenvalue weighted by Gasteiger charge is 2.11. The lowest BCUT2D eigenvalue weighted by Crippen LogP contribution is -2.13. The van der Waals surface area contributed by atoms with E-state index in [0.717, 1.165) is 5.56 Å². The Morgan fingerprint density at radius 1 is 1.26 bits per heavy atom. The van der Waals surface area contributed by atoms with E-state index in [9.17, 15) is 9.18 Å². The van der Waals surface area contributed by atoms with Crippen LogP contribution in [0.3, 0.4) is 0 Å². The van der Waals surface area contributed by atoms with Gasteiger partial charge in [-0.1, -0.05) is 0 Å². The third kappa shape index (κ3) is 3.12. The maximum Gasteiger partial charge on any atom is 0.256 e. The van der Waals surface area contributed by atoms with Crippen LogP contribution < -0.4 is 11.1 Å². The van der Waals surface area contributed by atoms with E-state index in [1.807, 2.05) is 6.92 Å². The number of hydrogen-bond donors (Lipinski definition) is 2. The summed E-state index contributed by atoms with van der Waals surface area (Å²) in [6.45, 7) is 1.86. The van der Waals surface area contributed by atoms with Gasteiger partial charge in [-0.05, 0) is 64.8 Å². The summed E-state index contributed by atoms with van der Waals surface area (Å²) in [5.74, 6) is -0.706. The molecule has 0 aromatic heterocycles. The molecule has 3 nitrogen and oxygen atoms in total. The average Bonchev–Trinajstić information content (AvgIpc) is 2.33. The molecule has 3 N–H and O–H groups in total. The van der Waals surface area contributed by atoms with Crippen molar-refractivity contribution in [3.8, 4) is 0 Å². The van der Waals surface area contributed by atoms with Crippen LogP contribution in [0.1, 0.15) is 15.9 Å². The van der Waals surface area contributed by atoms with Gasteiger partial charge in [0.15, 0.2) is 0 Å². The molecule has 2 aromatic carbocycles. The van der Waals surface area contributed by atoms with E-state index in [1.165, 1.54) is 18.2 Å². The number of carbonyl (C=O) groups is 1. The van der Waals surface area contributed by atoms with E-state index >= 15 is 0 Å². The molecule has 0 fully saturated rings. The van der Waals surface area contributed by atoms with Gasteiger partial charge >= 0.3 is 0 Å². The van der Waals surface area contributed by atoms with Gasteiger partial charge in [0.05, 0.1) is 5.56 Å². The average molecular weight is 323 g/mol. The number of anilines is 2. The summed E-state index contributed by atoms with van der Waals surface area (Å²) in [4.78, 5) is 12.0. The summed E-state index contributed by atoms with van der Waals surface area (Å²) >= 11 is 3.17. The first-order chi connectivity index (χ1) is 8.97. The minimum atomic E-state index is -0.397. The van der Waals surface area contributed by atoms with Crippen molar-refractivity contribution in [3.63, 3.8) is 0 Å². The summed E-state index contributed by atoms with van der Waals surface area (Å²) in [6.07, 6.45) is 0. The number of amides is 1. The predicted octanol–water partition coefficient (Wildman–Crippen LogP) is 3.73. The first kappa shape index (κ1) is 13.5. The molecule has 19 heavy (non-hydrogen) atoms. The zero-order valence-corrected chi connectivity index (χ0v) is 11.8. The molecule has 2 aromatic rings. The topological polar surface area (TPSA) is 55.1 Å². The van der Waals surface area contributed by atoms with Crippen molar-refractivity contribution < 1.29 is 9.18 Å². The number of aryl methyl sites for hydroxylation is 1. The number of nitrogens with two attached hydrogens (primary N) is 1. The molecular weight excluding hydrogens is 311 g/mol. The van der Waals surface area contributed by atoms with Gasteiger partial charge in [0, 0.05) is 15.8 Å². The van der Waals surface area contributed by atoms with Crippen molar-refractivity contribution in [1.29, 1.82) is 0 Å². The number of benzene rings is 2. The third-order valence-electron chi connectivity index (χ3n) is 2.70. The molecule has 0 saturated heterocycles. The SMILES string of the molecule is Cc1cc(NC(=O)c2ccc(F)cc2Br)ccc1N. The Bertz CT molecular complexity index is 643. The molecular formula is C14H12BrFN2O. The Labute approximate surface area is 118 Å². The van der Waals surface area contributed by atoms with E-state index in [2.05, 4.69) is 21.2 Å². The lowest BCUT2D eigenvalue weighted by atomic mass is 10.1. The molecule has 0 aliphatic rings. The fourth-order valence-corrected chi connectivity index (χ4v) is 2.16. The highest BCUT2D eigenvalue weighted by Crippen LogP contribution is 2.21. The molecule has 0 bridgehead atoms. The minimum absolute atomic E-state index is 0.309. The summed E-state index contributed by atoms with van der Waals surface area (Å²) in [7, 11) is 0. The molecule has 0 aliphatic carbocycles. The van der Waals surface area contributed by atoms with Crippen LogP contribution in [0.5, 0.6) is 0 Å². The quantitative estimate of drug-likeness (QED) is 0.828.